The molecule has 1 heterocycles. The molecule has 0 saturated carbocycles. The summed E-state index contributed by atoms with van der Waals surface area (Å²) in [6.07, 6.45) is 7.03. The summed E-state index contributed by atoms with van der Waals surface area (Å²) < 4.78 is 0. The quantitative estimate of drug-likeness (QED) is 0.642. The Morgan fingerprint density at radius 2 is 2.36 bits per heavy atom. The van der Waals surface area contributed by atoms with Gasteiger partial charge in [0.1, 0.15) is 6.10 Å². The Labute approximate surface area is 69.8 Å². The van der Waals surface area contributed by atoms with Gasteiger partial charge in [0, 0.05) is 18.0 Å². The fraction of sp³-hybridized carbons (Fsp3) is 0.125. The van der Waals surface area contributed by atoms with Crippen molar-refractivity contribution < 1.29 is 5.11 Å². The molecule has 56 valence electrons. The Morgan fingerprint density at radius 1 is 1.64 bits per heavy atom. The van der Waals surface area contributed by atoms with Gasteiger partial charge in [-0.1, -0.05) is 17.5 Å². The zero-order valence-electron chi connectivity index (χ0n) is 5.66. The number of terminal acetylenes is 1. The topological polar surface area (TPSA) is 33.1 Å². The van der Waals surface area contributed by atoms with Crippen LogP contribution in [0.25, 0.3) is 0 Å². The maximum Gasteiger partial charge on any atom is 0.141 e. The Bertz CT molecular complexity index is 292. The van der Waals surface area contributed by atoms with Gasteiger partial charge in [0.15, 0.2) is 0 Å². The van der Waals surface area contributed by atoms with Gasteiger partial charge in [-0.05, 0) is 6.07 Å². The Hall–Kier alpha value is -1.04. The van der Waals surface area contributed by atoms with Gasteiger partial charge in [-0.2, -0.15) is 0 Å². The maximum atomic E-state index is 9.12. The highest BCUT2D eigenvalue weighted by Crippen LogP contribution is 2.14. The minimum absolute atomic E-state index is 0.469. The summed E-state index contributed by atoms with van der Waals surface area (Å²) in [5.41, 5.74) is 0.542. The average molecular weight is 168 g/mol. The Morgan fingerprint density at radius 3 is 2.91 bits per heavy atom. The van der Waals surface area contributed by atoms with Gasteiger partial charge >= 0.3 is 0 Å². The van der Waals surface area contributed by atoms with Crippen molar-refractivity contribution in [3.05, 3.63) is 29.0 Å². The van der Waals surface area contributed by atoms with Gasteiger partial charge in [0.25, 0.3) is 0 Å². The molecule has 0 saturated heterocycles. The third-order valence-electron chi connectivity index (χ3n) is 1.20. The standard InChI is InChI=1S/C8H6ClNO/c1-2-8(11)6-3-7(9)5-10-4-6/h1,3-5,8,11H. The molecule has 0 aliphatic rings. The van der Waals surface area contributed by atoms with E-state index in [2.05, 4.69) is 10.9 Å². The van der Waals surface area contributed by atoms with Crippen molar-refractivity contribution in [2.24, 2.45) is 0 Å². The summed E-state index contributed by atoms with van der Waals surface area (Å²) in [6, 6.07) is 1.58. The van der Waals surface area contributed by atoms with Crippen LogP contribution < -0.4 is 0 Å². The fourth-order valence-corrected chi connectivity index (χ4v) is 0.856. The lowest BCUT2D eigenvalue weighted by Gasteiger charge is -2.01. The van der Waals surface area contributed by atoms with E-state index in [1.54, 1.807) is 6.07 Å². The molecule has 0 aromatic carbocycles. The van der Waals surface area contributed by atoms with E-state index in [0.717, 1.165) is 0 Å². The monoisotopic (exact) mass is 167 g/mol. The normalized spacial score (nSPS) is 12.1. The van der Waals surface area contributed by atoms with E-state index in [1.807, 2.05) is 0 Å². The first-order valence-electron chi connectivity index (χ1n) is 2.98. The third kappa shape index (κ3) is 1.94. The van der Waals surface area contributed by atoms with Gasteiger partial charge in [0.05, 0.1) is 5.02 Å². The van der Waals surface area contributed by atoms with E-state index >= 15 is 0 Å². The molecule has 1 aromatic heterocycles. The van der Waals surface area contributed by atoms with Crippen LogP contribution in [-0.4, -0.2) is 10.1 Å². The lowest BCUT2D eigenvalue weighted by Crippen LogP contribution is -1.93. The number of rotatable bonds is 1. The molecule has 0 fully saturated rings. The Kier molecular flexibility index (Phi) is 2.48. The maximum absolute atomic E-state index is 9.12. The molecule has 0 radical (unpaired) electrons. The number of hydrogen-bond donors (Lipinski definition) is 1. The van der Waals surface area contributed by atoms with E-state index in [0.29, 0.717) is 10.6 Å². The number of pyridine rings is 1. The van der Waals surface area contributed by atoms with E-state index in [-0.39, 0.29) is 0 Å². The van der Waals surface area contributed by atoms with Crippen molar-refractivity contribution in [2.75, 3.05) is 0 Å². The molecule has 11 heavy (non-hydrogen) atoms. The average Bonchev–Trinajstić information content (AvgIpc) is 2.03. The van der Waals surface area contributed by atoms with Crippen molar-refractivity contribution in [1.29, 1.82) is 0 Å². The molecule has 1 unspecified atom stereocenters. The van der Waals surface area contributed by atoms with Gasteiger partial charge in [0.2, 0.25) is 0 Å². The molecule has 0 bridgehead atoms. The molecule has 1 atom stereocenters. The summed E-state index contributed by atoms with van der Waals surface area (Å²) in [7, 11) is 0. The van der Waals surface area contributed by atoms with Gasteiger partial charge in [-0.15, -0.1) is 6.42 Å². The first kappa shape index (κ1) is 8.06. The van der Waals surface area contributed by atoms with Crippen LogP contribution in [0.4, 0.5) is 0 Å². The second-order valence-electron chi connectivity index (χ2n) is 2.01. The van der Waals surface area contributed by atoms with Gasteiger partial charge in [-0.25, -0.2) is 0 Å². The first-order valence-corrected chi connectivity index (χ1v) is 3.36. The number of nitrogens with zero attached hydrogens (tertiary/aromatic N) is 1. The minimum Gasteiger partial charge on any atom is -0.376 e. The molecule has 0 aliphatic carbocycles. The van der Waals surface area contributed by atoms with Crippen molar-refractivity contribution in [3.63, 3.8) is 0 Å². The largest absolute Gasteiger partial charge is 0.376 e. The molecule has 1 N–H and O–H groups in total. The fourth-order valence-electron chi connectivity index (χ4n) is 0.674. The van der Waals surface area contributed by atoms with Crippen LogP contribution in [0.2, 0.25) is 5.02 Å². The second-order valence-corrected chi connectivity index (χ2v) is 2.44. The molecule has 1 aromatic rings. The predicted octanol–water partition coefficient (Wildman–Crippen LogP) is 1.40. The summed E-state index contributed by atoms with van der Waals surface area (Å²) >= 11 is 5.60. The van der Waals surface area contributed by atoms with Crippen molar-refractivity contribution >= 4 is 11.6 Å². The summed E-state index contributed by atoms with van der Waals surface area (Å²) in [4.78, 5) is 3.77. The van der Waals surface area contributed by atoms with Crippen LogP contribution in [0.1, 0.15) is 11.7 Å². The molecular weight excluding hydrogens is 162 g/mol. The molecule has 0 amide bonds. The number of aliphatic hydroxyl groups excluding tert-OH is 1. The zero-order chi connectivity index (χ0) is 8.27. The van der Waals surface area contributed by atoms with Crippen LogP contribution in [0.5, 0.6) is 0 Å². The highest BCUT2D eigenvalue weighted by molar-refractivity contribution is 6.30. The summed E-state index contributed by atoms with van der Waals surface area (Å²) in [5.74, 6) is 2.17. The summed E-state index contributed by atoms with van der Waals surface area (Å²) in [6.45, 7) is 0. The van der Waals surface area contributed by atoms with Crippen LogP contribution >= 0.6 is 11.6 Å². The van der Waals surface area contributed by atoms with Gasteiger partial charge < -0.3 is 5.11 Å². The van der Waals surface area contributed by atoms with E-state index in [1.165, 1.54) is 12.4 Å². The van der Waals surface area contributed by atoms with Crippen LogP contribution in [0.3, 0.4) is 0 Å². The van der Waals surface area contributed by atoms with E-state index in [4.69, 9.17) is 23.1 Å². The highest BCUT2D eigenvalue weighted by Gasteiger charge is 2.02. The first-order chi connectivity index (χ1) is 5.24. The van der Waals surface area contributed by atoms with Crippen molar-refractivity contribution in [2.45, 2.75) is 6.10 Å². The molecule has 1 rings (SSSR count). The SMILES string of the molecule is C#CC(O)c1cncc(Cl)c1. The van der Waals surface area contributed by atoms with E-state index < -0.39 is 6.10 Å². The zero-order valence-corrected chi connectivity index (χ0v) is 6.42. The molecule has 3 heteroatoms. The molecule has 0 spiro atoms. The number of hydrogen-bond acceptors (Lipinski definition) is 2. The lowest BCUT2D eigenvalue weighted by molar-refractivity contribution is 0.238. The number of aromatic nitrogens is 1. The van der Waals surface area contributed by atoms with Crippen LogP contribution in [0.15, 0.2) is 18.5 Å². The minimum atomic E-state index is -0.916. The number of aliphatic hydroxyl groups is 1. The van der Waals surface area contributed by atoms with Gasteiger partial charge in [-0.3, -0.25) is 4.98 Å². The molecular formula is C8H6ClNO. The second kappa shape index (κ2) is 3.38. The lowest BCUT2D eigenvalue weighted by atomic mass is 10.2. The molecule has 2 nitrogen and oxygen atoms in total. The van der Waals surface area contributed by atoms with Crippen LogP contribution in [-0.2, 0) is 0 Å². The number of halogens is 1. The third-order valence-corrected chi connectivity index (χ3v) is 1.41. The highest BCUT2D eigenvalue weighted by atomic mass is 35.5. The van der Waals surface area contributed by atoms with Crippen LogP contribution in [0, 0.1) is 12.3 Å². The summed E-state index contributed by atoms with van der Waals surface area (Å²) in [5, 5.41) is 9.59. The smallest absolute Gasteiger partial charge is 0.141 e. The van der Waals surface area contributed by atoms with Crippen molar-refractivity contribution in [3.8, 4) is 12.3 Å². The predicted molar refractivity (Wildman–Crippen MR) is 43.0 cm³/mol. The van der Waals surface area contributed by atoms with E-state index in [9.17, 15) is 0 Å². The Balaban J connectivity index is 2.98. The van der Waals surface area contributed by atoms with Crippen molar-refractivity contribution in [1.82, 2.24) is 4.98 Å². The molecule has 0 aliphatic heterocycles.